The van der Waals surface area contributed by atoms with Crippen LogP contribution in [0.25, 0.3) is 11.0 Å². The van der Waals surface area contributed by atoms with E-state index >= 15 is 0 Å². The van der Waals surface area contributed by atoms with E-state index in [2.05, 4.69) is 0 Å². The quantitative estimate of drug-likeness (QED) is 0.186. The second-order valence-corrected chi connectivity index (χ2v) is 9.08. The van der Waals surface area contributed by atoms with E-state index in [0.717, 1.165) is 22.1 Å². The molecule has 2 heterocycles. The Kier molecular flexibility index (Phi) is 12.5. The fourth-order valence-electron chi connectivity index (χ4n) is 4.12. The van der Waals surface area contributed by atoms with Crippen molar-refractivity contribution in [3.05, 3.63) is 126 Å². The Morgan fingerprint density at radius 1 is 0.762 bits per heavy atom. The Hall–Kier alpha value is -3.30. The SMILES string of the molecule is O=C(O)C1Cc2ccc(OCc3ccccc3)cc2O1.O=C(O)c1cc2ccc(OCc3ccccc3)cc2o1.[Hg].[Na]. The first-order valence-electron chi connectivity index (χ1n) is 12.6. The molecule has 1 radical (unpaired) electrons. The third kappa shape index (κ3) is 8.85. The smallest absolute Gasteiger partial charge is 0.371 e. The van der Waals surface area contributed by atoms with E-state index in [1.807, 2.05) is 72.8 Å². The van der Waals surface area contributed by atoms with Crippen LogP contribution in [0.5, 0.6) is 17.2 Å². The average Bonchev–Trinajstić information content (AvgIpc) is 3.61. The molecule has 1 aromatic heterocycles. The molecule has 0 saturated carbocycles. The Labute approximate surface area is 285 Å². The van der Waals surface area contributed by atoms with Crippen LogP contribution in [0.1, 0.15) is 27.2 Å². The standard InChI is InChI=1S/C16H14O4.C16H12O4.Hg.Na/c2*17-16(18)15-8-12-6-7-13(9-14(12)20-15)19-10-11-4-2-1-3-5-11;;/h1-7,9,15H,8,10H2,(H,17,18);1-9H,10H2,(H,17,18);;. The van der Waals surface area contributed by atoms with Gasteiger partial charge in [0.25, 0.3) is 0 Å². The van der Waals surface area contributed by atoms with Crippen LogP contribution in [0.3, 0.4) is 0 Å². The number of aliphatic carboxylic acids is 1. The van der Waals surface area contributed by atoms with Gasteiger partial charge in [-0.25, -0.2) is 9.59 Å². The molecule has 1 atom stereocenters. The molecule has 4 aromatic carbocycles. The zero-order valence-corrected chi connectivity index (χ0v) is 30.6. The van der Waals surface area contributed by atoms with Crippen LogP contribution in [0.4, 0.5) is 0 Å². The van der Waals surface area contributed by atoms with E-state index in [1.54, 1.807) is 24.3 Å². The van der Waals surface area contributed by atoms with Gasteiger partial charge in [-0.1, -0.05) is 66.7 Å². The van der Waals surface area contributed by atoms with Gasteiger partial charge in [-0.3, -0.25) is 0 Å². The van der Waals surface area contributed by atoms with Gasteiger partial charge < -0.3 is 28.8 Å². The first kappa shape index (κ1) is 33.2. The second kappa shape index (κ2) is 15.8. The molecule has 0 aliphatic carbocycles. The van der Waals surface area contributed by atoms with Gasteiger partial charge >= 0.3 is 11.9 Å². The van der Waals surface area contributed by atoms with E-state index in [0.29, 0.717) is 42.5 Å². The summed E-state index contributed by atoms with van der Waals surface area (Å²) < 4.78 is 22.0. The van der Waals surface area contributed by atoms with Crippen LogP contribution in [-0.2, 0) is 52.1 Å². The number of aromatic carboxylic acids is 1. The number of rotatable bonds is 8. The minimum atomic E-state index is -1.08. The van der Waals surface area contributed by atoms with Crippen LogP contribution >= 0.6 is 0 Å². The van der Waals surface area contributed by atoms with Crippen molar-refractivity contribution in [2.24, 2.45) is 0 Å². The van der Waals surface area contributed by atoms with Crippen molar-refractivity contribution < 1.29 is 66.1 Å². The summed E-state index contributed by atoms with van der Waals surface area (Å²) in [5.74, 6) is -0.157. The number of fused-ring (bicyclic) bond motifs is 2. The number of ether oxygens (including phenoxy) is 3. The van der Waals surface area contributed by atoms with Crippen molar-refractivity contribution in [2.75, 3.05) is 0 Å². The predicted molar refractivity (Wildman–Crippen MR) is 153 cm³/mol. The average molecular weight is 762 g/mol. The Bertz CT molecular complexity index is 1620. The number of hydrogen-bond donors (Lipinski definition) is 2. The topological polar surface area (TPSA) is 115 Å². The summed E-state index contributed by atoms with van der Waals surface area (Å²) in [4.78, 5) is 21.8. The van der Waals surface area contributed by atoms with Gasteiger partial charge in [0.05, 0.1) is 0 Å². The molecule has 6 rings (SSSR count). The molecule has 0 fully saturated rings. The minimum Gasteiger partial charge on any atom is -0.489 e. The molecule has 205 valence electrons. The van der Waals surface area contributed by atoms with Crippen LogP contribution in [-0.4, -0.2) is 57.8 Å². The fourth-order valence-corrected chi connectivity index (χ4v) is 4.12. The fraction of sp³-hybridized carbons (Fsp3) is 0.125. The molecule has 8 nitrogen and oxygen atoms in total. The van der Waals surface area contributed by atoms with Crippen LogP contribution in [0, 0.1) is 0 Å². The van der Waals surface area contributed by atoms with Crippen molar-refractivity contribution in [3.8, 4) is 17.2 Å². The van der Waals surface area contributed by atoms with Gasteiger partial charge in [0.1, 0.15) is 36.0 Å². The number of hydrogen-bond acceptors (Lipinski definition) is 6. The Morgan fingerprint density at radius 2 is 1.33 bits per heavy atom. The maximum absolute atomic E-state index is 10.9. The van der Waals surface area contributed by atoms with Crippen molar-refractivity contribution in [2.45, 2.75) is 25.7 Å². The summed E-state index contributed by atoms with van der Waals surface area (Å²) in [7, 11) is 0. The van der Waals surface area contributed by atoms with Crippen molar-refractivity contribution in [3.63, 3.8) is 0 Å². The van der Waals surface area contributed by atoms with Crippen molar-refractivity contribution in [1.29, 1.82) is 0 Å². The molecule has 1 aliphatic heterocycles. The van der Waals surface area contributed by atoms with Crippen LogP contribution < -0.4 is 14.2 Å². The monoisotopic (exact) mass is 763 g/mol. The maximum Gasteiger partial charge on any atom is 0.371 e. The third-order valence-corrected chi connectivity index (χ3v) is 6.19. The minimum absolute atomic E-state index is 0. The largest absolute Gasteiger partial charge is 0.489 e. The number of furan rings is 1. The molecule has 2 N–H and O–H groups in total. The third-order valence-electron chi connectivity index (χ3n) is 6.19. The molecule has 5 aromatic rings. The molecule has 42 heavy (non-hydrogen) atoms. The van der Waals surface area contributed by atoms with Crippen LogP contribution in [0.15, 0.2) is 108 Å². The van der Waals surface area contributed by atoms with Gasteiger partial charge in [0, 0.05) is 81.2 Å². The van der Waals surface area contributed by atoms with Gasteiger partial charge in [-0.15, -0.1) is 0 Å². The summed E-state index contributed by atoms with van der Waals surface area (Å²) >= 11 is 0. The van der Waals surface area contributed by atoms with E-state index in [-0.39, 0.29) is 63.0 Å². The zero-order valence-electron chi connectivity index (χ0n) is 23.1. The van der Waals surface area contributed by atoms with Crippen LogP contribution in [0.2, 0.25) is 0 Å². The number of benzene rings is 4. The Morgan fingerprint density at radius 3 is 1.90 bits per heavy atom. The molecular weight excluding hydrogens is 736 g/mol. The molecular formula is C32H26HgNaO8. The molecule has 1 aliphatic rings. The predicted octanol–water partition coefficient (Wildman–Crippen LogP) is 5.98. The van der Waals surface area contributed by atoms with Gasteiger partial charge in [0.15, 0.2) is 6.10 Å². The van der Waals surface area contributed by atoms with E-state index in [9.17, 15) is 9.59 Å². The molecule has 10 heteroatoms. The van der Waals surface area contributed by atoms with Crippen molar-refractivity contribution >= 4 is 52.5 Å². The van der Waals surface area contributed by atoms with E-state index < -0.39 is 18.0 Å². The number of carbonyl (C=O) groups is 2. The normalized spacial score (nSPS) is 12.8. The first-order valence-corrected chi connectivity index (χ1v) is 12.6. The first-order chi connectivity index (χ1) is 19.4. The van der Waals surface area contributed by atoms with Gasteiger partial charge in [-0.2, -0.15) is 0 Å². The van der Waals surface area contributed by atoms with Gasteiger partial charge in [-0.05, 0) is 41.0 Å². The molecule has 0 spiro atoms. The van der Waals surface area contributed by atoms with E-state index in [4.69, 9.17) is 28.8 Å². The Balaban J connectivity index is 0.000000220. The zero-order chi connectivity index (χ0) is 27.9. The second-order valence-electron chi connectivity index (χ2n) is 9.08. The maximum atomic E-state index is 10.9. The number of carboxylic acid groups (broad SMARTS) is 2. The van der Waals surface area contributed by atoms with Gasteiger partial charge in [0.2, 0.25) is 5.76 Å². The summed E-state index contributed by atoms with van der Waals surface area (Å²) in [6, 6.07) is 31.9. The summed E-state index contributed by atoms with van der Waals surface area (Å²) in [6.07, 6.45) is -0.377. The summed E-state index contributed by atoms with van der Waals surface area (Å²) in [6.45, 7) is 0.931. The summed E-state index contributed by atoms with van der Waals surface area (Å²) in [5, 5.41) is 18.6. The molecule has 1 unspecified atom stereocenters. The van der Waals surface area contributed by atoms with E-state index in [1.165, 1.54) is 6.07 Å². The molecule has 0 bridgehead atoms. The molecule has 0 amide bonds. The molecule has 0 saturated heterocycles. The number of carboxylic acids is 2. The van der Waals surface area contributed by atoms with Crippen molar-refractivity contribution in [1.82, 2.24) is 0 Å². The summed E-state index contributed by atoms with van der Waals surface area (Å²) in [5.41, 5.74) is 3.56.